The molecule has 1 aliphatic rings. The van der Waals surface area contributed by atoms with Crippen molar-refractivity contribution in [1.29, 1.82) is 0 Å². The molecule has 1 aromatic carbocycles. The lowest BCUT2D eigenvalue weighted by Crippen LogP contribution is -2.52. The molecule has 21 heavy (non-hydrogen) atoms. The molecule has 0 saturated carbocycles. The van der Waals surface area contributed by atoms with E-state index < -0.39 is 15.8 Å². The Bertz CT molecular complexity index is 614. The molecule has 2 N–H and O–H groups in total. The van der Waals surface area contributed by atoms with Gasteiger partial charge in [-0.15, -0.1) is 0 Å². The van der Waals surface area contributed by atoms with Gasteiger partial charge >= 0.3 is 0 Å². The maximum Gasteiger partial charge on any atom is 0.240 e. The second-order valence-electron chi connectivity index (χ2n) is 6.36. The molecular weight excluding hydrogens is 291 g/mol. The Balaban J connectivity index is 2.09. The van der Waals surface area contributed by atoms with Crippen molar-refractivity contribution in [2.24, 2.45) is 5.41 Å². The number of piperidine rings is 1. The van der Waals surface area contributed by atoms with E-state index in [-0.39, 0.29) is 16.4 Å². The van der Waals surface area contributed by atoms with E-state index in [4.69, 9.17) is 0 Å². The molecule has 0 bridgehead atoms. The summed E-state index contributed by atoms with van der Waals surface area (Å²) >= 11 is 0. The van der Waals surface area contributed by atoms with E-state index in [2.05, 4.69) is 23.9 Å². The number of hydrogen-bond acceptors (Lipinski definition) is 3. The first-order chi connectivity index (χ1) is 9.72. The summed E-state index contributed by atoms with van der Waals surface area (Å²) in [7, 11) is -3.68. The van der Waals surface area contributed by atoms with Gasteiger partial charge in [-0.1, -0.05) is 19.9 Å². The molecule has 1 unspecified atom stereocenters. The van der Waals surface area contributed by atoms with Crippen LogP contribution in [0.5, 0.6) is 0 Å². The molecule has 1 atom stereocenters. The molecule has 6 heteroatoms. The summed E-state index contributed by atoms with van der Waals surface area (Å²) in [5.41, 5.74) is 0.475. The van der Waals surface area contributed by atoms with E-state index >= 15 is 0 Å². The van der Waals surface area contributed by atoms with Crippen molar-refractivity contribution in [2.45, 2.75) is 44.6 Å². The lowest BCUT2D eigenvalue weighted by molar-refractivity contribution is 0.181. The molecule has 2 rings (SSSR count). The lowest BCUT2D eigenvalue weighted by Gasteiger charge is -2.39. The normalized spacial score (nSPS) is 22.2. The van der Waals surface area contributed by atoms with Crippen LogP contribution in [0.1, 0.15) is 32.3 Å². The maximum atomic E-state index is 13.5. The quantitative estimate of drug-likeness (QED) is 0.896. The smallest absolute Gasteiger partial charge is 0.240 e. The van der Waals surface area contributed by atoms with Crippen molar-refractivity contribution in [2.75, 3.05) is 13.1 Å². The highest BCUT2D eigenvalue weighted by Crippen LogP contribution is 2.29. The van der Waals surface area contributed by atoms with E-state index in [0.717, 1.165) is 25.5 Å². The van der Waals surface area contributed by atoms with E-state index in [0.29, 0.717) is 12.1 Å². The van der Waals surface area contributed by atoms with Gasteiger partial charge in [-0.25, -0.2) is 17.5 Å². The van der Waals surface area contributed by atoms with Crippen LogP contribution in [0, 0.1) is 18.2 Å². The predicted octanol–water partition coefficient (Wildman–Crippen LogP) is 2.19. The predicted molar refractivity (Wildman–Crippen MR) is 81.1 cm³/mol. The van der Waals surface area contributed by atoms with Gasteiger partial charge < -0.3 is 5.32 Å². The van der Waals surface area contributed by atoms with Gasteiger partial charge in [0.25, 0.3) is 0 Å². The molecule has 0 amide bonds. The highest BCUT2D eigenvalue weighted by molar-refractivity contribution is 7.89. The van der Waals surface area contributed by atoms with Gasteiger partial charge in [0, 0.05) is 12.6 Å². The Hall–Kier alpha value is -0.980. The third-order valence-corrected chi connectivity index (χ3v) is 5.68. The van der Waals surface area contributed by atoms with Crippen LogP contribution in [0.15, 0.2) is 23.1 Å². The van der Waals surface area contributed by atoms with Gasteiger partial charge in [0.2, 0.25) is 10.0 Å². The minimum Gasteiger partial charge on any atom is -0.312 e. The third kappa shape index (κ3) is 3.81. The molecule has 0 aliphatic carbocycles. The van der Waals surface area contributed by atoms with Gasteiger partial charge in [-0.3, -0.25) is 0 Å². The zero-order valence-electron chi connectivity index (χ0n) is 12.7. The molecule has 1 fully saturated rings. The van der Waals surface area contributed by atoms with Gasteiger partial charge in [-0.05, 0) is 49.4 Å². The minimum absolute atomic E-state index is 0.0285. The van der Waals surface area contributed by atoms with Crippen LogP contribution in [0.25, 0.3) is 0 Å². The Morgan fingerprint density at radius 2 is 2.14 bits per heavy atom. The molecule has 0 spiro atoms. The van der Waals surface area contributed by atoms with Gasteiger partial charge in [0.05, 0.1) is 4.90 Å². The average Bonchev–Trinajstić information content (AvgIpc) is 2.40. The Morgan fingerprint density at radius 1 is 1.43 bits per heavy atom. The summed E-state index contributed by atoms with van der Waals surface area (Å²) < 4.78 is 40.6. The van der Waals surface area contributed by atoms with E-state index in [1.54, 1.807) is 6.92 Å². The summed E-state index contributed by atoms with van der Waals surface area (Å²) in [5.74, 6) is -0.506. The van der Waals surface area contributed by atoms with Crippen LogP contribution < -0.4 is 10.0 Å². The van der Waals surface area contributed by atoms with Crippen molar-refractivity contribution in [1.82, 2.24) is 10.0 Å². The number of aryl methyl sites for hydroxylation is 1. The fourth-order valence-electron chi connectivity index (χ4n) is 2.64. The molecule has 0 aromatic heterocycles. The molecule has 1 saturated heterocycles. The van der Waals surface area contributed by atoms with Crippen molar-refractivity contribution < 1.29 is 12.8 Å². The summed E-state index contributed by atoms with van der Waals surface area (Å²) in [6.07, 6.45) is 2.16. The number of hydrogen-bond donors (Lipinski definition) is 2. The maximum absolute atomic E-state index is 13.5. The average molecular weight is 314 g/mol. The first-order valence-electron chi connectivity index (χ1n) is 7.21. The van der Waals surface area contributed by atoms with Crippen LogP contribution in [0.4, 0.5) is 4.39 Å². The van der Waals surface area contributed by atoms with Crippen molar-refractivity contribution in [3.8, 4) is 0 Å². The zero-order valence-corrected chi connectivity index (χ0v) is 13.6. The molecule has 118 valence electrons. The molecular formula is C15H23FN2O2S. The van der Waals surface area contributed by atoms with Crippen LogP contribution >= 0.6 is 0 Å². The number of nitrogens with one attached hydrogen (secondary N) is 2. The van der Waals surface area contributed by atoms with Crippen LogP contribution in [-0.2, 0) is 10.0 Å². The fourth-order valence-corrected chi connectivity index (χ4v) is 3.69. The Kier molecular flexibility index (Phi) is 4.70. The van der Waals surface area contributed by atoms with E-state index in [1.807, 2.05) is 0 Å². The van der Waals surface area contributed by atoms with Crippen LogP contribution in [-0.4, -0.2) is 27.5 Å². The summed E-state index contributed by atoms with van der Waals surface area (Å²) in [4.78, 5) is -0.0285. The first-order valence-corrected chi connectivity index (χ1v) is 8.70. The van der Waals surface area contributed by atoms with Gasteiger partial charge in [0.15, 0.2) is 0 Å². The van der Waals surface area contributed by atoms with Crippen LogP contribution in [0.3, 0.4) is 0 Å². The number of benzene rings is 1. The monoisotopic (exact) mass is 314 g/mol. The van der Waals surface area contributed by atoms with Crippen molar-refractivity contribution in [3.63, 3.8) is 0 Å². The SMILES string of the molecule is Cc1ccc(S(=O)(=O)NCC2NCCCC2(C)C)cc1F. The molecule has 1 heterocycles. The lowest BCUT2D eigenvalue weighted by atomic mass is 9.78. The van der Waals surface area contributed by atoms with Crippen LogP contribution in [0.2, 0.25) is 0 Å². The second kappa shape index (κ2) is 6.02. The summed E-state index contributed by atoms with van der Waals surface area (Å²) in [6, 6.07) is 4.06. The highest BCUT2D eigenvalue weighted by atomic mass is 32.2. The molecule has 0 radical (unpaired) electrons. The van der Waals surface area contributed by atoms with Gasteiger partial charge in [0.1, 0.15) is 5.82 Å². The number of halogens is 1. The summed E-state index contributed by atoms with van der Waals surface area (Å²) in [6.45, 7) is 7.07. The molecule has 1 aromatic rings. The largest absolute Gasteiger partial charge is 0.312 e. The topological polar surface area (TPSA) is 58.2 Å². The van der Waals surface area contributed by atoms with E-state index in [9.17, 15) is 12.8 Å². The third-order valence-electron chi connectivity index (χ3n) is 4.26. The fraction of sp³-hybridized carbons (Fsp3) is 0.600. The first kappa shape index (κ1) is 16.4. The Morgan fingerprint density at radius 3 is 2.76 bits per heavy atom. The molecule has 1 aliphatic heterocycles. The second-order valence-corrected chi connectivity index (χ2v) is 8.13. The summed E-state index contributed by atoms with van der Waals surface area (Å²) in [5, 5.41) is 3.35. The Labute approximate surface area is 126 Å². The molecule has 4 nitrogen and oxygen atoms in total. The standard InChI is InChI=1S/C15H23FN2O2S/c1-11-5-6-12(9-13(11)16)21(19,20)18-10-14-15(2,3)7-4-8-17-14/h5-6,9,14,17-18H,4,7-8,10H2,1-3H3. The minimum atomic E-state index is -3.68. The van der Waals surface area contributed by atoms with E-state index in [1.165, 1.54) is 12.1 Å². The highest BCUT2D eigenvalue weighted by Gasteiger charge is 2.32. The van der Waals surface area contributed by atoms with Crippen molar-refractivity contribution >= 4 is 10.0 Å². The van der Waals surface area contributed by atoms with Gasteiger partial charge in [-0.2, -0.15) is 0 Å². The number of rotatable bonds is 4. The number of sulfonamides is 1. The van der Waals surface area contributed by atoms with Crippen molar-refractivity contribution in [3.05, 3.63) is 29.6 Å². The zero-order chi connectivity index (χ0) is 15.7.